The van der Waals surface area contributed by atoms with Crippen molar-refractivity contribution in [3.05, 3.63) is 46.0 Å². The zero-order chi connectivity index (χ0) is 18.5. The lowest BCUT2D eigenvalue weighted by Crippen LogP contribution is -2.51. The van der Waals surface area contributed by atoms with Gasteiger partial charge < -0.3 is 9.80 Å². The fourth-order valence-electron chi connectivity index (χ4n) is 3.59. The van der Waals surface area contributed by atoms with Crippen molar-refractivity contribution in [2.45, 2.75) is 25.7 Å². The van der Waals surface area contributed by atoms with Crippen LogP contribution < -0.4 is 0 Å². The van der Waals surface area contributed by atoms with Crippen molar-refractivity contribution in [3.8, 4) is 0 Å². The maximum absolute atomic E-state index is 12.4. The van der Waals surface area contributed by atoms with Gasteiger partial charge in [-0.1, -0.05) is 25.0 Å². The highest BCUT2D eigenvalue weighted by molar-refractivity contribution is 5.92. The number of piperazine rings is 1. The van der Waals surface area contributed by atoms with Crippen molar-refractivity contribution >= 4 is 23.6 Å². The number of amides is 2. The third-order valence-electron chi connectivity index (χ3n) is 5.11. The highest BCUT2D eigenvalue weighted by Gasteiger charge is 2.30. The highest BCUT2D eigenvalue weighted by Crippen LogP contribution is 2.27. The van der Waals surface area contributed by atoms with Crippen LogP contribution in [-0.2, 0) is 9.59 Å². The molecule has 2 amide bonds. The van der Waals surface area contributed by atoms with Crippen molar-refractivity contribution in [2.24, 2.45) is 5.92 Å². The van der Waals surface area contributed by atoms with Crippen LogP contribution >= 0.6 is 0 Å². The number of nitro groups is 1. The zero-order valence-corrected chi connectivity index (χ0v) is 14.7. The summed E-state index contributed by atoms with van der Waals surface area (Å²) in [5.74, 6) is 0.275. The normalized spacial score (nSPS) is 18.5. The summed E-state index contributed by atoms with van der Waals surface area (Å²) in [6.07, 6.45) is 7.28. The molecule has 0 spiro atoms. The summed E-state index contributed by atoms with van der Waals surface area (Å²) < 4.78 is 0. The molecule has 1 saturated carbocycles. The third kappa shape index (κ3) is 4.28. The van der Waals surface area contributed by atoms with Crippen LogP contribution in [0.5, 0.6) is 0 Å². The van der Waals surface area contributed by atoms with Crippen LogP contribution in [0, 0.1) is 16.0 Å². The van der Waals surface area contributed by atoms with E-state index in [-0.39, 0.29) is 23.4 Å². The molecule has 1 aromatic carbocycles. The first kappa shape index (κ1) is 18.1. The second-order valence-corrected chi connectivity index (χ2v) is 6.82. The minimum Gasteiger partial charge on any atom is -0.339 e. The lowest BCUT2D eigenvalue weighted by Gasteiger charge is -2.35. The van der Waals surface area contributed by atoms with Crippen molar-refractivity contribution in [3.63, 3.8) is 0 Å². The molecular weight excluding hydrogens is 334 g/mol. The van der Waals surface area contributed by atoms with Gasteiger partial charge in [0, 0.05) is 50.3 Å². The van der Waals surface area contributed by atoms with Gasteiger partial charge in [-0.25, -0.2) is 0 Å². The number of rotatable bonds is 4. The van der Waals surface area contributed by atoms with E-state index in [1.165, 1.54) is 18.2 Å². The Hall–Kier alpha value is -2.70. The Balaban J connectivity index is 1.52. The molecule has 0 radical (unpaired) electrons. The van der Waals surface area contributed by atoms with Crippen LogP contribution in [-0.4, -0.2) is 52.7 Å². The number of hydrogen-bond donors (Lipinski definition) is 0. The Morgan fingerprint density at radius 3 is 2.38 bits per heavy atom. The number of carbonyl (C=O) groups excluding carboxylic acids is 2. The standard InChI is InChI=1S/C19H23N3O4/c23-18(9-8-15-4-3-7-17(14-15)22(25)26)20-10-12-21(13-11-20)19(24)16-5-1-2-6-16/h3-4,7-9,14,16H,1-2,5-6,10-13H2/b9-8+. The van der Waals surface area contributed by atoms with E-state index >= 15 is 0 Å². The minimum absolute atomic E-state index is 0.00126. The van der Waals surface area contributed by atoms with E-state index in [2.05, 4.69) is 0 Å². The molecule has 0 aromatic heterocycles. The molecule has 2 aliphatic rings. The summed E-state index contributed by atoms with van der Waals surface area (Å²) >= 11 is 0. The van der Waals surface area contributed by atoms with E-state index in [0.717, 1.165) is 25.7 Å². The molecule has 1 aromatic rings. The maximum atomic E-state index is 12.4. The SMILES string of the molecule is O=C(/C=C/c1cccc([N+](=O)[O-])c1)N1CCN(C(=O)C2CCCC2)CC1. The fraction of sp³-hybridized carbons (Fsp3) is 0.474. The Kier molecular flexibility index (Phi) is 5.65. The average molecular weight is 357 g/mol. The molecule has 0 unspecified atom stereocenters. The molecule has 138 valence electrons. The molecule has 1 aliphatic heterocycles. The number of non-ortho nitro benzene ring substituents is 1. The number of hydrogen-bond acceptors (Lipinski definition) is 4. The van der Waals surface area contributed by atoms with Gasteiger partial charge in [-0.05, 0) is 24.5 Å². The molecule has 2 fully saturated rings. The topological polar surface area (TPSA) is 83.8 Å². The molecule has 1 heterocycles. The van der Waals surface area contributed by atoms with Gasteiger partial charge >= 0.3 is 0 Å². The van der Waals surface area contributed by atoms with Crippen LogP contribution in [0.25, 0.3) is 6.08 Å². The monoisotopic (exact) mass is 357 g/mol. The summed E-state index contributed by atoms with van der Waals surface area (Å²) in [7, 11) is 0. The Labute approximate surface area is 152 Å². The third-order valence-corrected chi connectivity index (χ3v) is 5.11. The molecule has 0 N–H and O–H groups in total. The summed E-state index contributed by atoms with van der Waals surface area (Å²) in [5, 5.41) is 10.8. The Morgan fingerprint density at radius 1 is 1.08 bits per heavy atom. The minimum atomic E-state index is -0.459. The van der Waals surface area contributed by atoms with Gasteiger partial charge in [-0.15, -0.1) is 0 Å². The molecule has 0 atom stereocenters. The summed E-state index contributed by atoms with van der Waals surface area (Å²) in [6, 6.07) is 6.16. The van der Waals surface area contributed by atoms with Crippen molar-refractivity contribution in [2.75, 3.05) is 26.2 Å². The lowest BCUT2D eigenvalue weighted by atomic mass is 10.1. The number of nitrogens with zero attached hydrogens (tertiary/aromatic N) is 3. The van der Waals surface area contributed by atoms with E-state index in [1.807, 2.05) is 4.90 Å². The molecule has 7 heteroatoms. The largest absolute Gasteiger partial charge is 0.339 e. The molecule has 7 nitrogen and oxygen atoms in total. The highest BCUT2D eigenvalue weighted by atomic mass is 16.6. The average Bonchev–Trinajstić information content (AvgIpc) is 3.20. The second kappa shape index (κ2) is 8.12. The van der Waals surface area contributed by atoms with E-state index in [4.69, 9.17) is 0 Å². The molecule has 0 bridgehead atoms. The molecule has 26 heavy (non-hydrogen) atoms. The summed E-state index contributed by atoms with van der Waals surface area (Å²) in [6.45, 7) is 2.20. The van der Waals surface area contributed by atoms with Crippen molar-refractivity contribution in [1.29, 1.82) is 0 Å². The summed E-state index contributed by atoms with van der Waals surface area (Å²) in [5.41, 5.74) is 0.612. The van der Waals surface area contributed by atoms with Crippen LogP contribution in [0.2, 0.25) is 0 Å². The lowest BCUT2D eigenvalue weighted by molar-refractivity contribution is -0.384. The van der Waals surface area contributed by atoms with Crippen molar-refractivity contribution in [1.82, 2.24) is 9.80 Å². The first-order chi connectivity index (χ1) is 12.5. The number of nitro benzene ring substituents is 1. The van der Waals surface area contributed by atoms with Gasteiger partial charge in [-0.3, -0.25) is 19.7 Å². The predicted octanol–water partition coefficient (Wildman–Crippen LogP) is 2.47. The van der Waals surface area contributed by atoms with Crippen molar-refractivity contribution < 1.29 is 14.5 Å². The number of benzene rings is 1. The van der Waals surface area contributed by atoms with Crippen LogP contribution in [0.4, 0.5) is 5.69 Å². The van der Waals surface area contributed by atoms with Crippen LogP contribution in [0.15, 0.2) is 30.3 Å². The quantitative estimate of drug-likeness (QED) is 0.471. The van der Waals surface area contributed by atoms with E-state index in [9.17, 15) is 19.7 Å². The molecule has 3 rings (SSSR count). The van der Waals surface area contributed by atoms with Gasteiger partial charge in [0.05, 0.1) is 4.92 Å². The van der Waals surface area contributed by atoms with Gasteiger partial charge in [0.25, 0.3) is 5.69 Å². The van der Waals surface area contributed by atoms with Crippen LogP contribution in [0.3, 0.4) is 0 Å². The van der Waals surface area contributed by atoms with Crippen LogP contribution in [0.1, 0.15) is 31.2 Å². The molecule has 1 saturated heterocycles. The van der Waals surface area contributed by atoms with E-state index < -0.39 is 4.92 Å². The first-order valence-corrected chi connectivity index (χ1v) is 9.05. The van der Waals surface area contributed by atoms with Gasteiger partial charge in [-0.2, -0.15) is 0 Å². The van der Waals surface area contributed by atoms with Gasteiger partial charge in [0.1, 0.15) is 0 Å². The predicted molar refractivity (Wildman–Crippen MR) is 97.2 cm³/mol. The molecular formula is C19H23N3O4. The maximum Gasteiger partial charge on any atom is 0.270 e. The number of carbonyl (C=O) groups is 2. The fourth-order valence-corrected chi connectivity index (χ4v) is 3.59. The Morgan fingerprint density at radius 2 is 1.73 bits per heavy atom. The summed E-state index contributed by atoms with van der Waals surface area (Å²) in [4.78, 5) is 38.7. The second-order valence-electron chi connectivity index (χ2n) is 6.82. The Bertz CT molecular complexity index is 717. The molecule has 1 aliphatic carbocycles. The first-order valence-electron chi connectivity index (χ1n) is 9.05. The van der Waals surface area contributed by atoms with E-state index in [1.54, 1.807) is 23.1 Å². The van der Waals surface area contributed by atoms with E-state index in [0.29, 0.717) is 31.7 Å². The zero-order valence-electron chi connectivity index (χ0n) is 14.7. The van der Waals surface area contributed by atoms with Gasteiger partial charge in [0.15, 0.2) is 0 Å². The smallest absolute Gasteiger partial charge is 0.270 e. The van der Waals surface area contributed by atoms with Gasteiger partial charge in [0.2, 0.25) is 11.8 Å².